The summed E-state index contributed by atoms with van der Waals surface area (Å²) in [4.78, 5) is 24.4. The Kier molecular flexibility index (Phi) is 5.37. The molecule has 110 valence electrons. The average Bonchev–Trinajstić information content (AvgIpc) is 2.45. The van der Waals surface area contributed by atoms with Crippen molar-refractivity contribution >= 4 is 11.9 Å². The van der Waals surface area contributed by atoms with Crippen molar-refractivity contribution in [3.63, 3.8) is 0 Å². The van der Waals surface area contributed by atoms with Crippen LogP contribution in [0.25, 0.3) is 0 Å². The van der Waals surface area contributed by atoms with Crippen LogP contribution >= 0.6 is 0 Å². The maximum atomic E-state index is 12.2. The lowest BCUT2D eigenvalue weighted by Crippen LogP contribution is -2.33. The Morgan fingerprint density at radius 2 is 1.85 bits per heavy atom. The highest BCUT2D eigenvalue weighted by Gasteiger charge is 2.19. The molecule has 6 nitrogen and oxygen atoms in total. The van der Waals surface area contributed by atoms with Crippen molar-refractivity contribution < 1.29 is 24.2 Å². The van der Waals surface area contributed by atoms with Gasteiger partial charge in [-0.2, -0.15) is 0 Å². The summed E-state index contributed by atoms with van der Waals surface area (Å²) in [5, 5.41) is 8.86. The number of aliphatic carboxylic acids is 1. The van der Waals surface area contributed by atoms with Gasteiger partial charge >= 0.3 is 5.97 Å². The number of hydrogen-bond donors (Lipinski definition) is 1. The van der Waals surface area contributed by atoms with Crippen molar-refractivity contribution in [1.82, 2.24) is 4.90 Å². The number of rotatable bonds is 6. The molecule has 1 atom stereocenters. The fourth-order valence-electron chi connectivity index (χ4n) is 1.76. The third-order valence-corrected chi connectivity index (χ3v) is 2.95. The number of carbonyl (C=O) groups is 2. The van der Waals surface area contributed by atoms with E-state index in [0.717, 1.165) is 0 Å². The highest BCUT2D eigenvalue weighted by Crippen LogP contribution is 2.27. The zero-order chi connectivity index (χ0) is 15.3. The van der Waals surface area contributed by atoms with Gasteiger partial charge in [0.05, 0.1) is 20.1 Å². The lowest BCUT2D eigenvalue weighted by atomic mass is 10.1. The zero-order valence-corrected chi connectivity index (χ0v) is 12.0. The van der Waals surface area contributed by atoms with E-state index in [1.807, 2.05) is 0 Å². The lowest BCUT2D eigenvalue weighted by Gasteiger charge is -2.20. The molecular formula is C14H19NO5. The summed E-state index contributed by atoms with van der Waals surface area (Å²) >= 11 is 0. The fraction of sp³-hybridized carbons (Fsp3) is 0.429. The Morgan fingerprint density at radius 1 is 1.25 bits per heavy atom. The summed E-state index contributed by atoms with van der Waals surface area (Å²) < 4.78 is 10.2. The SMILES string of the molecule is COc1ccc(C(=O)N(C)CC(C)C(=O)O)cc1OC. The van der Waals surface area contributed by atoms with E-state index in [1.54, 1.807) is 32.2 Å². The van der Waals surface area contributed by atoms with Crippen LogP contribution in [0.2, 0.25) is 0 Å². The van der Waals surface area contributed by atoms with Gasteiger partial charge in [0.15, 0.2) is 11.5 Å². The van der Waals surface area contributed by atoms with E-state index in [1.165, 1.54) is 19.1 Å². The van der Waals surface area contributed by atoms with E-state index in [9.17, 15) is 9.59 Å². The van der Waals surface area contributed by atoms with Crippen LogP contribution < -0.4 is 9.47 Å². The zero-order valence-electron chi connectivity index (χ0n) is 12.0. The van der Waals surface area contributed by atoms with Gasteiger partial charge < -0.3 is 19.5 Å². The van der Waals surface area contributed by atoms with Crippen LogP contribution in [0, 0.1) is 5.92 Å². The smallest absolute Gasteiger partial charge is 0.308 e. The molecule has 1 rings (SSSR count). The molecule has 1 aromatic rings. The van der Waals surface area contributed by atoms with Gasteiger partial charge in [-0.3, -0.25) is 9.59 Å². The van der Waals surface area contributed by atoms with E-state index >= 15 is 0 Å². The van der Waals surface area contributed by atoms with Crippen LogP contribution in [0.1, 0.15) is 17.3 Å². The van der Waals surface area contributed by atoms with Crippen molar-refractivity contribution in [1.29, 1.82) is 0 Å². The molecule has 0 bridgehead atoms. The first-order valence-corrected chi connectivity index (χ1v) is 6.11. The predicted molar refractivity (Wildman–Crippen MR) is 73.3 cm³/mol. The monoisotopic (exact) mass is 281 g/mol. The van der Waals surface area contributed by atoms with Crippen LogP contribution in [0.15, 0.2) is 18.2 Å². The topological polar surface area (TPSA) is 76.1 Å². The first kappa shape index (κ1) is 15.8. The molecule has 0 saturated carbocycles. The molecule has 1 amide bonds. The third-order valence-electron chi connectivity index (χ3n) is 2.95. The normalized spacial score (nSPS) is 11.6. The molecule has 0 aliphatic carbocycles. The molecule has 0 radical (unpaired) electrons. The van der Waals surface area contributed by atoms with E-state index < -0.39 is 11.9 Å². The molecule has 0 heterocycles. The van der Waals surface area contributed by atoms with Gasteiger partial charge in [-0.1, -0.05) is 6.92 Å². The summed E-state index contributed by atoms with van der Waals surface area (Å²) in [5.41, 5.74) is 0.419. The molecule has 1 aromatic carbocycles. The van der Waals surface area contributed by atoms with Crippen LogP contribution in [-0.2, 0) is 4.79 Å². The first-order chi connectivity index (χ1) is 9.40. The third kappa shape index (κ3) is 3.63. The summed E-state index contributed by atoms with van der Waals surface area (Å²) in [7, 11) is 4.57. The van der Waals surface area contributed by atoms with Crippen molar-refractivity contribution in [2.75, 3.05) is 27.8 Å². The minimum Gasteiger partial charge on any atom is -0.493 e. The summed E-state index contributed by atoms with van der Waals surface area (Å²) in [6, 6.07) is 4.83. The van der Waals surface area contributed by atoms with E-state index in [2.05, 4.69) is 0 Å². The van der Waals surface area contributed by atoms with Crippen molar-refractivity contribution in [3.05, 3.63) is 23.8 Å². The van der Waals surface area contributed by atoms with Gasteiger partial charge in [0, 0.05) is 19.2 Å². The molecule has 1 unspecified atom stereocenters. The van der Waals surface area contributed by atoms with Crippen molar-refractivity contribution in [3.8, 4) is 11.5 Å². The van der Waals surface area contributed by atoms with E-state index in [-0.39, 0.29) is 12.5 Å². The Labute approximate surface area is 117 Å². The van der Waals surface area contributed by atoms with Gasteiger partial charge in [0.2, 0.25) is 0 Å². The number of amides is 1. The number of methoxy groups -OCH3 is 2. The lowest BCUT2D eigenvalue weighted by molar-refractivity contribution is -0.141. The first-order valence-electron chi connectivity index (χ1n) is 6.11. The highest BCUT2D eigenvalue weighted by molar-refractivity contribution is 5.95. The maximum Gasteiger partial charge on any atom is 0.308 e. The number of hydrogen-bond acceptors (Lipinski definition) is 4. The van der Waals surface area contributed by atoms with E-state index in [4.69, 9.17) is 14.6 Å². The second-order valence-electron chi connectivity index (χ2n) is 4.49. The van der Waals surface area contributed by atoms with E-state index in [0.29, 0.717) is 17.1 Å². The number of carboxylic acid groups (broad SMARTS) is 1. The molecule has 0 fully saturated rings. The molecule has 6 heteroatoms. The largest absolute Gasteiger partial charge is 0.493 e. The van der Waals surface area contributed by atoms with Gasteiger partial charge in [0.25, 0.3) is 5.91 Å². The molecule has 0 aromatic heterocycles. The van der Waals surface area contributed by atoms with Gasteiger partial charge in [0.1, 0.15) is 0 Å². The quantitative estimate of drug-likeness (QED) is 0.855. The van der Waals surface area contributed by atoms with Gasteiger partial charge in [-0.25, -0.2) is 0 Å². The molecule has 0 spiro atoms. The van der Waals surface area contributed by atoms with Crippen molar-refractivity contribution in [2.45, 2.75) is 6.92 Å². The maximum absolute atomic E-state index is 12.2. The summed E-state index contributed by atoms with van der Waals surface area (Å²) in [5.74, 6) is -0.830. The number of carboxylic acids is 1. The van der Waals surface area contributed by atoms with Crippen LogP contribution in [-0.4, -0.2) is 49.7 Å². The minimum absolute atomic E-state index is 0.141. The summed E-state index contributed by atoms with van der Waals surface area (Å²) in [6.07, 6.45) is 0. The number of ether oxygens (including phenoxy) is 2. The van der Waals surface area contributed by atoms with Gasteiger partial charge in [-0.15, -0.1) is 0 Å². The predicted octanol–water partition coefficient (Wildman–Crippen LogP) is 1.50. The van der Waals surface area contributed by atoms with Crippen LogP contribution in [0.5, 0.6) is 11.5 Å². The minimum atomic E-state index is -0.933. The number of nitrogens with zero attached hydrogens (tertiary/aromatic N) is 1. The van der Waals surface area contributed by atoms with Crippen LogP contribution in [0.4, 0.5) is 0 Å². The highest BCUT2D eigenvalue weighted by atomic mass is 16.5. The Hall–Kier alpha value is -2.24. The Bertz CT molecular complexity index is 500. The Morgan fingerprint density at radius 3 is 2.35 bits per heavy atom. The number of benzene rings is 1. The Balaban J connectivity index is 2.89. The molecule has 20 heavy (non-hydrogen) atoms. The fourth-order valence-corrected chi connectivity index (χ4v) is 1.76. The second-order valence-corrected chi connectivity index (χ2v) is 4.49. The molecule has 0 saturated heterocycles. The number of carbonyl (C=O) groups excluding carboxylic acids is 1. The van der Waals surface area contributed by atoms with Crippen LogP contribution in [0.3, 0.4) is 0 Å². The summed E-state index contributed by atoms with van der Waals surface area (Å²) in [6.45, 7) is 1.70. The molecule has 1 N–H and O–H groups in total. The molecular weight excluding hydrogens is 262 g/mol. The van der Waals surface area contributed by atoms with Gasteiger partial charge in [-0.05, 0) is 18.2 Å². The standard InChI is InChI=1S/C14H19NO5/c1-9(14(17)18)8-15(2)13(16)10-5-6-11(19-3)12(7-10)20-4/h5-7,9H,8H2,1-4H3,(H,17,18). The van der Waals surface area contributed by atoms with Crippen molar-refractivity contribution in [2.24, 2.45) is 5.92 Å². The average molecular weight is 281 g/mol. The molecule has 0 aliphatic rings. The molecule has 0 aliphatic heterocycles. The second kappa shape index (κ2) is 6.79.